The molecule has 0 radical (unpaired) electrons. The molecule has 2 amide bonds. The summed E-state index contributed by atoms with van der Waals surface area (Å²) in [4.78, 5) is 20.6. The van der Waals surface area contributed by atoms with Crippen molar-refractivity contribution in [2.75, 3.05) is 38.7 Å². The fraction of sp³-hybridized carbons (Fsp3) is 0.400. The van der Waals surface area contributed by atoms with E-state index in [0.717, 1.165) is 61.3 Å². The molecule has 7 heteroatoms. The minimum atomic E-state index is -0.294. The molecule has 2 aliphatic rings. The number of urea groups is 1. The highest BCUT2D eigenvalue weighted by Crippen LogP contribution is 2.31. The molecule has 0 spiro atoms. The number of hydrogen-bond acceptors (Lipinski definition) is 4. The molecule has 37 heavy (non-hydrogen) atoms. The van der Waals surface area contributed by atoms with E-state index in [1.165, 1.54) is 11.6 Å². The number of likely N-dealkylation sites (tertiary alicyclic amines) is 1. The summed E-state index contributed by atoms with van der Waals surface area (Å²) < 4.78 is 19.3. The molecule has 1 aliphatic heterocycles. The van der Waals surface area contributed by atoms with E-state index >= 15 is 0 Å². The van der Waals surface area contributed by atoms with E-state index in [1.54, 1.807) is 25.3 Å². The lowest BCUT2D eigenvalue weighted by atomic mass is 9.94. The Kier molecular flexibility index (Phi) is 9.25. The maximum atomic E-state index is 14.0. The Morgan fingerprint density at radius 2 is 2.11 bits per heavy atom. The number of nitrogens with one attached hydrogen (secondary N) is 2. The largest absolute Gasteiger partial charge is 0.383 e. The number of hydrogen-bond donors (Lipinski definition) is 2. The lowest BCUT2D eigenvalue weighted by Crippen LogP contribution is -2.42. The van der Waals surface area contributed by atoms with Gasteiger partial charge in [0.25, 0.3) is 0 Å². The van der Waals surface area contributed by atoms with E-state index < -0.39 is 0 Å². The molecule has 1 aliphatic carbocycles. The SMILES string of the molecule is C=C/C=C(\C=C/C)c1nc2c(cc1NC(=O)N[C@@H]1CN(CCOC)C[C@H]1c1cccc(F)c1)CCCC2. The van der Waals surface area contributed by atoms with Crippen LogP contribution in [0.5, 0.6) is 0 Å². The molecule has 1 fully saturated rings. The lowest BCUT2D eigenvalue weighted by Gasteiger charge is -2.23. The van der Waals surface area contributed by atoms with Crippen LogP contribution in [0.15, 0.2) is 61.2 Å². The number of aryl methyl sites for hydroxylation is 2. The summed E-state index contributed by atoms with van der Waals surface area (Å²) in [5.74, 6) is -0.301. The van der Waals surface area contributed by atoms with Gasteiger partial charge in [0.2, 0.25) is 0 Å². The Morgan fingerprint density at radius 3 is 2.86 bits per heavy atom. The first kappa shape index (κ1) is 26.8. The van der Waals surface area contributed by atoms with Crippen molar-refractivity contribution in [2.45, 2.75) is 44.6 Å². The fourth-order valence-corrected chi connectivity index (χ4v) is 5.31. The predicted octanol–water partition coefficient (Wildman–Crippen LogP) is 5.48. The van der Waals surface area contributed by atoms with Gasteiger partial charge in [-0.25, -0.2) is 9.18 Å². The van der Waals surface area contributed by atoms with Crippen molar-refractivity contribution in [3.8, 4) is 0 Å². The maximum Gasteiger partial charge on any atom is 0.319 e. The van der Waals surface area contributed by atoms with Crippen LogP contribution < -0.4 is 10.6 Å². The summed E-state index contributed by atoms with van der Waals surface area (Å²) in [7, 11) is 1.68. The number of rotatable bonds is 9. The fourth-order valence-electron chi connectivity index (χ4n) is 5.31. The summed E-state index contributed by atoms with van der Waals surface area (Å²) >= 11 is 0. The number of methoxy groups -OCH3 is 1. The van der Waals surface area contributed by atoms with Crippen molar-refractivity contribution in [1.29, 1.82) is 0 Å². The van der Waals surface area contributed by atoms with E-state index in [4.69, 9.17) is 9.72 Å². The number of ether oxygens (including phenoxy) is 1. The van der Waals surface area contributed by atoms with Crippen LogP contribution >= 0.6 is 0 Å². The Labute approximate surface area is 219 Å². The number of pyridine rings is 1. The van der Waals surface area contributed by atoms with E-state index in [0.29, 0.717) is 18.8 Å². The third kappa shape index (κ3) is 6.73. The van der Waals surface area contributed by atoms with Gasteiger partial charge in [0.05, 0.1) is 24.0 Å². The van der Waals surface area contributed by atoms with Crippen molar-refractivity contribution in [3.05, 3.63) is 89.5 Å². The van der Waals surface area contributed by atoms with Crippen molar-refractivity contribution in [1.82, 2.24) is 15.2 Å². The van der Waals surface area contributed by atoms with E-state index in [-0.39, 0.29) is 23.8 Å². The summed E-state index contributed by atoms with van der Waals surface area (Å²) in [5.41, 5.74) is 5.48. The number of carbonyl (C=O) groups is 1. The summed E-state index contributed by atoms with van der Waals surface area (Å²) in [6.07, 6.45) is 11.7. The number of benzene rings is 1. The molecular formula is C30H37FN4O2. The first-order valence-corrected chi connectivity index (χ1v) is 13.0. The van der Waals surface area contributed by atoms with Crippen molar-refractivity contribution in [3.63, 3.8) is 0 Å². The summed E-state index contributed by atoms with van der Waals surface area (Å²) in [6, 6.07) is 8.25. The number of nitrogens with zero attached hydrogens (tertiary/aromatic N) is 2. The van der Waals surface area contributed by atoms with Crippen LogP contribution in [0.2, 0.25) is 0 Å². The standard InChI is InChI=1S/C30H37FN4O2/c1-4-9-21(10-5-2)29-27(18-23-11-6-7-14-26(23)32-29)33-30(36)34-28-20-35(15-16-37-3)19-25(28)22-12-8-13-24(31)17-22/h4-5,8-10,12-13,17-18,25,28H,1,6-7,11,14-16,19-20H2,2-3H3,(H2,33,34,36)/b10-5-,21-9+/t25-,28+/m0/s1. The van der Waals surface area contributed by atoms with Crippen LogP contribution in [0.25, 0.3) is 5.57 Å². The molecule has 1 aromatic carbocycles. The highest BCUT2D eigenvalue weighted by atomic mass is 19.1. The predicted molar refractivity (Wildman–Crippen MR) is 147 cm³/mol. The number of fused-ring (bicyclic) bond motifs is 1. The highest BCUT2D eigenvalue weighted by Gasteiger charge is 2.35. The van der Waals surface area contributed by atoms with Crippen LogP contribution in [0.4, 0.5) is 14.9 Å². The zero-order valence-electron chi connectivity index (χ0n) is 21.8. The van der Waals surface area contributed by atoms with Crippen molar-refractivity contribution < 1.29 is 13.9 Å². The molecule has 2 atom stereocenters. The number of allylic oxidation sites excluding steroid dienone is 5. The van der Waals surface area contributed by atoms with Crippen LogP contribution in [-0.2, 0) is 17.6 Å². The Morgan fingerprint density at radius 1 is 1.27 bits per heavy atom. The number of amides is 2. The Bertz CT molecular complexity index is 1180. The lowest BCUT2D eigenvalue weighted by molar-refractivity contribution is 0.159. The third-order valence-corrected chi connectivity index (χ3v) is 7.07. The van der Waals surface area contributed by atoms with E-state index in [2.05, 4.69) is 28.2 Å². The first-order chi connectivity index (χ1) is 18.0. The van der Waals surface area contributed by atoms with Crippen LogP contribution in [-0.4, -0.2) is 55.3 Å². The minimum Gasteiger partial charge on any atom is -0.383 e. The second-order valence-electron chi connectivity index (χ2n) is 9.67. The smallest absolute Gasteiger partial charge is 0.319 e. The van der Waals surface area contributed by atoms with Gasteiger partial charge in [-0.3, -0.25) is 9.88 Å². The maximum absolute atomic E-state index is 14.0. The quantitative estimate of drug-likeness (QED) is 0.444. The van der Waals surface area contributed by atoms with Crippen molar-refractivity contribution >= 4 is 17.3 Å². The monoisotopic (exact) mass is 504 g/mol. The normalized spacial score (nSPS) is 20.1. The molecule has 0 saturated carbocycles. The third-order valence-electron chi connectivity index (χ3n) is 7.07. The van der Waals surface area contributed by atoms with Gasteiger partial charge in [-0.1, -0.05) is 43.0 Å². The van der Waals surface area contributed by atoms with Gasteiger partial charge in [-0.05, 0) is 61.9 Å². The molecule has 6 nitrogen and oxygen atoms in total. The van der Waals surface area contributed by atoms with Crippen LogP contribution in [0.1, 0.15) is 48.2 Å². The van der Waals surface area contributed by atoms with Gasteiger partial charge in [0.15, 0.2) is 0 Å². The molecule has 2 aromatic rings. The molecule has 1 aromatic heterocycles. The van der Waals surface area contributed by atoms with E-state index in [1.807, 2.05) is 31.2 Å². The molecule has 4 rings (SSSR count). The van der Waals surface area contributed by atoms with Gasteiger partial charge in [0.1, 0.15) is 5.82 Å². The van der Waals surface area contributed by atoms with Gasteiger partial charge in [0, 0.05) is 43.9 Å². The molecule has 0 unspecified atom stereocenters. The number of carbonyl (C=O) groups excluding carboxylic acids is 1. The molecule has 2 heterocycles. The van der Waals surface area contributed by atoms with Gasteiger partial charge in [-0.15, -0.1) is 0 Å². The number of anilines is 1. The molecule has 0 bridgehead atoms. The van der Waals surface area contributed by atoms with Gasteiger partial charge in [-0.2, -0.15) is 0 Å². The molecular weight excluding hydrogens is 467 g/mol. The zero-order chi connectivity index (χ0) is 26.2. The number of halogens is 1. The van der Waals surface area contributed by atoms with Crippen LogP contribution in [0.3, 0.4) is 0 Å². The average Bonchev–Trinajstić information content (AvgIpc) is 3.29. The van der Waals surface area contributed by atoms with E-state index in [9.17, 15) is 9.18 Å². The second-order valence-corrected chi connectivity index (χ2v) is 9.67. The zero-order valence-corrected chi connectivity index (χ0v) is 21.8. The van der Waals surface area contributed by atoms with Crippen molar-refractivity contribution in [2.24, 2.45) is 0 Å². The molecule has 196 valence electrons. The Balaban J connectivity index is 1.58. The van der Waals surface area contributed by atoms with Gasteiger partial charge < -0.3 is 15.4 Å². The topological polar surface area (TPSA) is 66.5 Å². The highest BCUT2D eigenvalue weighted by molar-refractivity contribution is 5.94. The van der Waals surface area contributed by atoms with Crippen LogP contribution in [0, 0.1) is 5.82 Å². The average molecular weight is 505 g/mol. The first-order valence-electron chi connectivity index (χ1n) is 13.0. The second kappa shape index (κ2) is 12.8. The summed E-state index contributed by atoms with van der Waals surface area (Å²) in [6.45, 7) is 8.53. The number of aromatic nitrogens is 1. The molecule has 1 saturated heterocycles. The minimum absolute atomic E-state index is 0.0290. The van der Waals surface area contributed by atoms with Gasteiger partial charge >= 0.3 is 6.03 Å². The molecule has 2 N–H and O–H groups in total. The Hall–Kier alpha value is -3.29. The summed E-state index contributed by atoms with van der Waals surface area (Å²) in [5, 5.41) is 6.26.